The standard InChI is InChI=1S/C21H29N2Si.CH3.2ClH.Ti/c1-24(2,23-14-12-22-13-15-23)21-16-20(17-8-4-3-5-9-17)18-10-6-7-11-19(18)21;;;;/h3-11,18-21H,12-16H2,1-2H3;1H3;2*1H;/q2*-1;;;+2/p-2/t18?,19?,20-,21?;;;;/m1..../s1. The zero-order valence-electron chi connectivity index (χ0n) is 17.2. The van der Waals surface area contributed by atoms with Crippen molar-refractivity contribution < 1.29 is 17.0 Å². The van der Waals surface area contributed by atoms with Crippen LogP contribution in [-0.4, -0.2) is 39.0 Å². The third-order valence-corrected chi connectivity index (χ3v) is 11.2. The summed E-state index contributed by atoms with van der Waals surface area (Å²) in [5.74, 6) is 2.09. The van der Waals surface area contributed by atoms with Crippen molar-refractivity contribution in [2.24, 2.45) is 11.8 Å². The summed E-state index contributed by atoms with van der Waals surface area (Å²) in [5.41, 5.74) is 2.38. The fourth-order valence-corrected chi connectivity index (χ4v) is 9.20. The Morgan fingerprint density at radius 1 is 1.00 bits per heavy atom. The first-order valence-corrected chi connectivity index (χ1v) is 17.2. The van der Waals surface area contributed by atoms with Gasteiger partial charge in [0.1, 0.15) is 8.24 Å². The first-order chi connectivity index (χ1) is 13.1. The van der Waals surface area contributed by atoms with E-state index >= 15 is 0 Å². The van der Waals surface area contributed by atoms with Crippen molar-refractivity contribution in [2.75, 3.05) is 26.2 Å². The van der Waals surface area contributed by atoms with E-state index in [0.717, 1.165) is 24.5 Å². The molecular weight excluding hydrogens is 439 g/mol. The number of allylic oxidation sites excluding steroid dienone is 4. The topological polar surface area (TPSA) is 17.3 Å². The SMILES string of the molecule is C[Si](C)(C1C[C@H](c2ccccc2)C2C=CC=CC21)N1CC[N-]CC1.[CH3-].[Cl][Ti][Cl]. The van der Waals surface area contributed by atoms with E-state index in [2.05, 4.69) is 77.6 Å². The van der Waals surface area contributed by atoms with Gasteiger partial charge < -0.3 is 17.3 Å². The van der Waals surface area contributed by atoms with Gasteiger partial charge in [0.15, 0.2) is 0 Å². The molecule has 1 aliphatic heterocycles. The Kier molecular flexibility index (Phi) is 10.0. The van der Waals surface area contributed by atoms with Gasteiger partial charge >= 0.3 is 35.6 Å². The third kappa shape index (κ3) is 5.43. The first kappa shape index (κ1) is 24.4. The number of fused-ring (bicyclic) bond motifs is 1. The second kappa shape index (κ2) is 11.5. The molecule has 6 heteroatoms. The van der Waals surface area contributed by atoms with Crippen LogP contribution < -0.4 is 0 Å². The molecule has 0 N–H and O–H groups in total. The van der Waals surface area contributed by atoms with Gasteiger partial charge in [-0.05, 0) is 48.4 Å². The van der Waals surface area contributed by atoms with Crippen molar-refractivity contribution >= 4 is 26.8 Å². The minimum absolute atomic E-state index is 0. The molecule has 3 unspecified atom stereocenters. The van der Waals surface area contributed by atoms with Crippen molar-refractivity contribution in [1.82, 2.24) is 4.57 Å². The van der Waals surface area contributed by atoms with Gasteiger partial charge in [-0.25, -0.2) is 0 Å². The van der Waals surface area contributed by atoms with Crippen molar-refractivity contribution in [1.29, 1.82) is 0 Å². The van der Waals surface area contributed by atoms with Crippen LogP contribution in [0, 0.1) is 19.3 Å². The Hall–Kier alpha value is 0.131. The Morgan fingerprint density at radius 2 is 1.57 bits per heavy atom. The molecule has 2 aliphatic carbocycles. The molecule has 154 valence electrons. The van der Waals surface area contributed by atoms with Crippen LogP contribution in [0.1, 0.15) is 17.9 Å². The minimum atomic E-state index is -1.46. The van der Waals surface area contributed by atoms with E-state index in [-0.39, 0.29) is 7.43 Å². The summed E-state index contributed by atoms with van der Waals surface area (Å²) in [4.78, 5) is 0. The summed E-state index contributed by atoms with van der Waals surface area (Å²) in [6.07, 6.45) is 10.9. The maximum absolute atomic E-state index is 4.89. The molecule has 3 aliphatic rings. The molecule has 28 heavy (non-hydrogen) atoms. The van der Waals surface area contributed by atoms with Crippen molar-refractivity contribution in [3.05, 3.63) is 72.9 Å². The summed E-state index contributed by atoms with van der Waals surface area (Å²) >= 11 is -0.556. The van der Waals surface area contributed by atoms with Crippen LogP contribution in [0.4, 0.5) is 0 Å². The number of halogens is 2. The second-order valence-corrected chi connectivity index (χ2v) is 15.4. The van der Waals surface area contributed by atoms with E-state index in [4.69, 9.17) is 18.6 Å². The van der Waals surface area contributed by atoms with Gasteiger partial charge in [0.05, 0.1) is 0 Å². The van der Waals surface area contributed by atoms with Crippen molar-refractivity contribution in [3.8, 4) is 0 Å². The molecule has 1 aromatic rings. The molecule has 0 bridgehead atoms. The van der Waals surface area contributed by atoms with Crippen LogP contribution in [0.2, 0.25) is 18.6 Å². The van der Waals surface area contributed by atoms with Crippen LogP contribution in [0.5, 0.6) is 0 Å². The van der Waals surface area contributed by atoms with Gasteiger partial charge in [-0.2, -0.15) is 0 Å². The summed E-state index contributed by atoms with van der Waals surface area (Å²) in [6.45, 7) is 9.66. The molecule has 0 aromatic heterocycles. The van der Waals surface area contributed by atoms with Crippen LogP contribution in [-0.2, 0) is 17.0 Å². The van der Waals surface area contributed by atoms with Crippen molar-refractivity contribution in [2.45, 2.75) is 31.0 Å². The number of hydrogen-bond acceptors (Lipinski definition) is 1. The molecule has 0 spiro atoms. The second-order valence-electron chi connectivity index (χ2n) is 8.17. The third-order valence-electron chi connectivity index (χ3n) is 6.67. The molecule has 1 saturated carbocycles. The quantitative estimate of drug-likeness (QED) is 0.358. The fraction of sp³-hybridized carbons (Fsp3) is 0.500. The number of hydrogen-bond donors (Lipinski definition) is 0. The average Bonchev–Trinajstić information content (AvgIpc) is 3.10. The van der Waals surface area contributed by atoms with Crippen LogP contribution in [0.15, 0.2) is 54.6 Å². The van der Waals surface area contributed by atoms with E-state index in [9.17, 15) is 0 Å². The molecule has 0 radical (unpaired) electrons. The van der Waals surface area contributed by atoms with Gasteiger partial charge in [0, 0.05) is 0 Å². The average molecular weight is 471 g/mol. The maximum atomic E-state index is 4.89. The molecule has 1 aromatic carbocycles. The van der Waals surface area contributed by atoms with Gasteiger partial charge in [-0.1, -0.05) is 67.7 Å². The monoisotopic (exact) mass is 470 g/mol. The Balaban J connectivity index is 0.000000660. The van der Waals surface area contributed by atoms with Gasteiger partial charge in [-0.3, -0.25) is 0 Å². The predicted octanol–water partition coefficient (Wildman–Crippen LogP) is 6.62. The van der Waals surface area contributed by atoms with Crippen molar-refractivity contribution in [3.63, 3.8) is 0 Å². The van der Waals surface area contributed by atoms with Crippen LogP contribution in [0.25, 0.3) is 5.32 Å². The van der Waals surface area contributed by atoms with E-state index in [1.807, 2.05) is 0 Å². The Morgan fingerprint density at radius 3 is 2.18 bits per heavy atom. The fourth-order valence-electron chi connectivity index (χ4n) is 5.27. The summed E-state index contributed by atoms with van der Waals surface area (Å²) in [7, 11) is 8.31. The van der Waals surface area contributed by atoms with E-state index in [1.54, 1.807) is 0 Å². The van der Waals surface area contributed by atoms with Gasteiger partial charge in [0.25, 0.3) is 0 Å². The first-order valence-electron chi connectivity index (χ1n) is 9.84. The predicted molar refractivity (Wildman–Crippen MR) is 123 cm³/mol. The van der Waals surface area contributed by atoms with Crippen LogP contribution >= 0.6 is 18.6 Å². The molecule has 2 fully saturated rings. The molecule has 4 atom stereocenters. The van der Waals surface area contributed by atoms with E-state index in [0.29, 0.717) is 11.8 Å². The molecule has 0 amide bonds. The summed E-state index contributed by atoms with van der Waals surface area (Å²) < 4.78 is 2.83. The number of nitrogens with zero attached hydrogens (tertiary/aromatic N) is 2. The Labute approximate surface area is 189 Å². The molecule has 2 nitrogen and oxygen atoms in total. The number of piperazine rings is 1. The van der Waals surface area contributed by atoms with Gasteiger partial charge in [-0.15, -0.1) is 13.1 Å². The molecule has 1 saturated heterocycles. The zero-order valence-corrected chi connectivity index (χ0v) is 21.3. The van der Waals surface area contributed by atoms with Crippen LogP contribution in [0.3, 0.4) is 0 Å². The molecule has 1 heterocycles. The normalized spacial score (nSPS) is 29.3. The van der Waals surface area contributed by atoms with Gasteiger partial charge in [0.2, 0.25) is 0 Å². The summed E-state index contributed by atoms with van der Waals surface area (Å²) in [5, 5.41) is 4.57. The van der Waals surface area contributed by atoms with E-state index < -0.39 is 25.3 Å². The Bertz CT molecular complexity index is 647. The zero-order chi connectivity index (χ0) is 19.3. The van der Waals surface area contributed by atoms with E-state index in [1.165, 1.54) is 25.1 Å². The molecular formula is C22H32Cl2N2SiTi-2. The summed E-state index contributed by atoms with van der Waals surface area (Å²) in [6, 6.07) is 11.2. The number of benzene rings is 1. The molecule has 4 rings (SSSR count). The number of rotatable bonds is 3.